The third kappa shape index (κ3) is 1.91. The maximum Gasteiger partial charge on any atom is 0.254 e. The highest BCUT2D eigenvalue weighted by Crippen LogP contribution is 2.31. The van der Waals surface area contributed by atoms with Crippen molar-refractivity contribution in [1.82, 2.24) is 9.80 Å². The molecule has 2 heterocycles. The van der Waals surface area contributed by atoms with Crippen molar-refractivity contribution >= 4 is 17.5 Å². The molecule has 0 spiro atoms. The lowest BCUT2D eigenvalue weighted by molar-refractivity contribution is 0.0733. The van der Waals surface area contributed by atoms with E-state index >= 15 is 0 Å². The monoisotopic (exact) mass is 264 g/mol. The minimum Gasteiger partial charge on any atom is -0.334 e. The van der Waals surface area contributed by atoms with Gasteiger partial charge in [-0.15, -0.1) is 0 Å². The first-order valence-electron chi connectivity index (χ1n) is 6.43. The number of benzene rings is 1. The molecule has 2 fully saturated rings. The molecule has 2 aliphatic rings. The summed E-state index contributed by atoms with van der Waals surface area (Å²) in [4.78, 5) is 16.9. The Labute approximate surface area is 112 Å². The fraction of sp³-hybridized carbons (Fsp3) is 0.500. The van der Waals surface area contributed by atoms with E-state index in [1.165, 1.54) is 0 Å². The maximum atomic E-state index is 12.5. The minimum absolute atomic E-state index is 0.125. The molecule has 0 aliphatic carbocycles. The van der Waals surface area contributed by atoms with E-state index in [9.17, 15) is 4.79 Å². The van der Waals surface area contributed by atoms with Crippen molar-refractivity contribution in [2.75, 3.05) is 20.1 Å². The van der Waals surface area contributed by atoms with Gasteiger partial charge in [0.15, 0.2) is 0 Å². The number of nitrogens with zero attached hydrogens (tertiary/aromatic N) is 2. The Kier molecular flexibility index (Phi) is 3.04. The van der Waals surface area contributed by atoms with Gasteiger partial charge in [0, 0.05) is 35.8 Å². The van der Waals surface area contributed by atoms with Crippen LogP contribution in [0.5, 0.6) is 0 Å². The number of likely N-dealkylation sites (N-methyl/N-ethyl adjacent to an activating group) is 1. The third-order valence-electron chi connectivity index (χ3n) is 4.19. The molecular weight excluding hydrogens is 248 g/mol. The first-order chi connectivity index (χ1) is 8.66. The van der Waals surface area contributed by atoms with Crippen LogP contribution in [0.15, 0.2) is 24.3 Å². The summed E-state index contributed by atoms with van der Waals surface area (Å²) in [6.45, 7) is 1.96. The van der Waals surface area contributed by atoms with Crippen molar-refractivity contribution in [2.45, 2.75) is 24.9 Å². The van der Waals surface area contributed by atoms with Gasteiger partial charge in [-0.1, -0.05) is 17.7 Å². The van der Waals surface area contributed by atoms with Crippen molar-refractivity contribution in [3.8, 4) is 0 Å². The fourth-order valence-corrected chi connectivity index (χ4v) is 3.43. The van der Waals surface area contributed by atoms with Gasteiger partial charge < -0.3 is 9.80 Å². The van der Waals surface area contributed by atoms with Crippen LogP contribution in [0.3, 0.4) is 0 Å². The second-order valence-electron chi connectivity index (χ2n) is 5.20. The van der Waals surface area contributed by atoms with E-state index in [1.54, 1.807) is 12.1 Å². The van der Waals surface area contributed by atoms with Gasteiger partial charge in [-0.3, -0.25) is 4.79 Å². The van der Waals surface area contributed by atoms with E-state index in [0.29, 0.717) is 22.7 Å². The largest absolute Gasteiger partial charge is 0.334 e. The standard InChI is InChI=1S/C14H17ClN2O/c1-16-7-5-13-12(16)6-8-17(13)14(18)10-3-2-4-11(15)9-10/h2-4,9,12-13H,5-8H2,1H3/t12-,13+/m0/s1. The molecular formula is C14H17ClN2O. The number of carbonyl (C=O) groups is 1. The van der Waals surface area contributed by atoms with E-state index in [2.05, 4.69) is 11.9 Å². The van der Waals surface area contributed by atoms with Crippen molar-refractivity contribution in [3.05, 3.63) is 34.9 Å². The van der Waals surface area contributed by atoms with Crippen LogP contribution in [0.4, 0.5) is 0 Å². The van der Waals surface area contributed by atoms with Crippen LogP contribution < -0.4 is 0 Å². The highest BCUT2D eigenvalue weighted by molar-refractivity contribution is 6.30. The Morgan fingerprint density at radius 2 is 2.06 bits per heavy atom. The van der Waals surface area contributed by atoms with Crippen molar-refractivity contribution in [2.24, 2.45) is 0 Å². The number of halogens is 1. The summed E-state index contributed by atoms with van der Waals surface area (Å²) in [7, 11) is 2.15. The summed E-state index contributed by atoms with van der Waals surface area (Å²) in [6.07, 6.45) is 2.18. The summed E-state index contributed by atoms with van der Waals surface area (Å²) in [6, 6.07) is 8.18. The highest BCUT2D eigenvalue weighted by Gasteiger charge is 2.42. The summed E-state index contributed by atoms with van der Waals surface area (Å²) >= 11 is 5.95. The molecule has 96 valence electrons. The second-order valence-corrected chi connectivity index (χ2v) is 5.64. The van der Waals surface area contributed by atoms with Crippen LogP contribution in [-0.4, -0.2) is 47.9 Å². The van der Waals surface area contributed by atoms with E-state index in [-0.39, 0.29) is 5.91 Å². The number of rotatable bonds is 1. The molecule has 0 saturated carbocycles. The Balaban J connectivity index is 1.82. The van der Waals surface area contributed by atoms with Gasteiger partial charge in [0.25, 0.3) is 5.91 Å². The molecule has 1 aromatic carbocycles. The SMILES string of the molecule is CN1CC[C@@H]2[C@@H]1CCN2C(=O)c1cccc(Cl)c1. The van der Waals surface area contributed by atoms with Gasteiger partial charge in [-0.05, 0) is 38.1 Å². The van der Waals surface area contributed by atoms with Gasteiger partial charge in [0.05, 0.1) is 0 Å². The first kappa shape index (κ1) is 12.0. The number of amides is 1. The van der Waals surface area contributed by atoms with Gasteiger partial charge >= 0.3 is 0 Å². The summed E-state index contributed by atoms with van der Waals surface area (Å²) < 4.78 is 0. The number of carbonyl (C=O) groups excluding carboxylic acids is 1. The lowest BCUT2D eigenvalue weighted by atomic mass is 10.1. The predicted octanol–water partition coefficient (Wildman–Crippen LogP) is 2.26. The fourth-order valence-electron chi connectivity index (χ4n) is 3.24. The smallest absolute Gasteiger partial charge is 0.254 e. The molecule has 1 aromatic rings. The zero-order chi connectivity index (χ0) is 12.7. The molecule has 0 bridgehead atoms. The molecule has 0 N–H and O–H groups in total. The Morgan fingerprint density at radius 1 is 1.28 bits per heavy atom. The topological polar surface area (TPSA) is 23.6 Å². The number of likely N-dealkylation sites (tertiary alicyclic amines) is 2. The summed E-state index contributed by atoms with van der Waals surface area (Å²) in [5.74, 6) is 0.125. The van der Waals surface area contributed by atoms with Crippen LogP contribution in [0.1, 0.15) is 23.2 Å². The number of fused-ring (bicyclic) bond motifs is 1. The lowest BCUT2D eigenvalue weighted by Gasteiger charge is -2.24. The molecule has 3 rings (SSSR count). The average Bonchev–Trinajstić information content (AvgIpc) is 2.92. The van der Waals surface area contributed by atoms with E-state index in [0.717, 1.165) is 25.9 Å². The number of hydrogen-bond donors (Lipinski definition) is 0. The molecule has 2 aliphatic heterocycles. The van der Waals surface area contributed by atoms with E-state index in [1.807, 2.05) is 17.0 Å². The summed E-state index contributed by atoms with van der Waals surface area (Å²) in [5, 5.41) is 0.625. The lowest BCUT2D eigenvalue weighted by Crippen LogP contribution is -2.38. The first-order valence-corrected chi connectivity index (χ1v) is 6.81. The maximum absolute atomic E-state index is 12.5. The van der Waals surface area contributed by atoms with E-state index in [4.69, 9.17) is 11.6 Å². The molecule has 2 atom stereocenters. The molecule has 0 unspecified atom stereocenters. The van der Waals surface area contributed by atoms with Crippen LogP contribution in [0, 0.1) is 0 Å². The quantitative estimate of drug-likeness (QED) is 0.777. The Morgan fingerprint density at radius 3 is 2.83 bits per heavy atom. The molecule has 0 aromatic heterocycles. The zero-order valence-electron chi connectivity index (χ0n) is 10.5. The van der Waals surface area contributed by atoms with Gasteiger partial charge in [0.2, 0.25) is 0 Å². The number of hydrogen-bond acceptors (Lipinski definition) is 2. The zero-order valence-corrected chi connectivity index (χ0v) is 11.2. The summed E-state index contributed by atoms with van der Waals surface area (Å²) in [5.41, 5.74) is 0.706. The molecule has 4 heteroatoms. The van der Waals surface area contributed by atoms with Crippen molar-refractivity contribution in [3.63, 3.8) is 0 Å². The molecule has 3 nitrogen and oxygen atoms in total. The average molecular weight is 265 g/mol. The van der Waals surface area contributed by atoms with Crippen molar-refractivity contribution < 1.29 is 4.79 Å². The normalized spacial score (nSPS) is 27.6. The molecule has 1 amide bonds. The van der Waals surface area contributed by atoms with Crippen molar-refractivity contribution in [1.29, 1.82) is 0 Å². The molecule has 18 heavy (non-hydrogen) atoms. The Hall–Kier alpha value is -1.06. The highest BCUT2D eigenvalue weighted by atomic mass is 35.5. The van der Waals surface area contributed by atoms with Crippen LogP contribution >= 0.6 is 11.6 Å². The van der Waals surface area contributed by atoms with E-state index < -0.39 is 0 Å². The van der Waals surface area contributed by atoms with Crippen LogP contribution in [-0.2, 0) is 0 Å². The van der Waals surface area contributed by atoms with Crippen LogP contribution in [0.25, 0.3) is 0 Å². The van der Waals surface area contributed by atoms with Gasteiger partial charge in [0.1, 0.15) is 0 Å². The Bertz CT molecular complexity index is 477. The minimum atomic E-state index is 0.125. The second kappa shape index (κ2) is 4.56. The van der Waals surface area contributed by atoms with Gasteiger partial charge in [-0.2, -0.15) is 0 Å². The third-order valence-corrected chi connectivity index (χ3v) is 4.42. The molecule has 0 radical (unpaired) electrons. The molecule has 2 saturated heterocycles. The van der Waals surface area contributed by atoms with Crippen LogP contribution in [0.2, 0.25) is 5.02 Å². The predicted molar refractivity (Wildman–Crippen MR) is 71.9 cm³/mol. The van der Waals surface area contributed by atoms with Gasteiger partial charge in [-0.25, -0.2) is 0 Å².